The molecule has 9 heteroatoms. The van der Waals surface area contributed by atoms with E-state index in [2.05, 4.69) is 10.2 Å². The molecule has 4 rings (SSSR count). The summed E-state index contributed by atoms with van der Waals surface area (Å²) in [5.74, 6) is -0.250. The number of ether oxygens (including phenoxy) is 1. The van der Waals surface area contributed by atoms with E-state index in [1.54, 1.807) is 24.3 Å². The third kappa shape index (κ3) is 5.59. The van der Waals surface area contributed by atoms with Crippen LogP contribution in [0, 0.1) is 11.7 Å². The number of nitrogens with zero attached hydrogens (tertiary/aromatic N) is 2. The highest BCUT2D eigenvalue weighted by Crippen LogP contribution is 2.31. The summed E-state index contributed by atoms with van der Waals surface area (Å²) in [5, 5.41) is 2.90. The molecule has 0 unspecified atom stereocenters. The number of halogens is 1. The summed E-state index contributed by atoms with van der Waals surface area (Å²) < 4.78 is 47.2. The number of amides is 1. The lowest BCUT2D eigenvalue weighted by atomic mass is 9.95. The van der Waals surface area contributed by atoms with Gasteiger partial charge in [0.15, 0.2) is 0 Å². The third-order valence-electron chi connectivity index (χ3n) is 6.67. The van der Waals surface area contributed by atoms with E-state index in [-0.39, 0.29) is 28.3 Å². The first kappa shape index (κ1) is 24.6. The van der Waals surface area contributed by atoms with Gasteiger partial charge in [0.25, 0.3) is 0 Å². The maximum Gasteiger partial charge on any atom is 0.246 e. The van der Waals surface area contributed by atoms with Crippen molar-refractivity contribution < 1.29 is 22.3 Å². The van der Waals surface area contributed by atoms with Gasteiger partial charge >= 0.3 is 0 Å². The van der Waals surface area contributed by atoms with Crippen LogP contribution in [0.3, 0.4) is 0 Å². The molecule has 2 aliphatic heterocycles. The summed E-state index contributed by atoms with van der Waals surface area (Å²) in [6.07, 6.45) is 4.03. The van der Waals surface area contributed by atoms with Crippen LogP contribution in [-0.2, 0) is 21.4 Å². The predicted octanol–water partition coefficient (Wildman–Crippen LogP) is 3.86. The van der Waals surface area contributed by atoms with Crippen LogP contribution in [0.15, 0.2) is 47.4 Å². The van der Waals surface area contributed by atoms with Crippen LogP contribution in [0.5, 0.6) is 5.75 Å². The molecule has 7 nitrogen and oxygen atoms in total. The van der Waals surface area contributed by atoms with E-state index in [1.165, 1.54) is 23.5 Å². The minimum Gasteiger partial charge on any atom is -0.495 e. The van der Waals surface area contributed by atoms with Gasteiger partial charge in [0.05, 0.1) is 7.11 Å². The van der Waals surface area contributed by atoms with Crippen molar-refractivity contribution in [3.05, 3.63) is 53.8 Å². The first-order valence-corrected chi connectivity index (χ1v) is 13.3. The minimum atomic E-state index is -3.71. The molecule has 0 bridgehead atoms. The fourth-order valence-electron chi connectivity index (χ4n) is 4.67. The average Bonchev–Trinajstić information content (AvgIpc) is 2.86. The highest BCUT2D eigenvalue weighted by atomic mass is 32.2. The van der Waals surface area contributed by atoms with Gasteiger partial charge in [-0.3, -0.25) is 9.69 Å². The summed E-state index contributed by atoms with van der Waals surface area (Å²) in [7, 11) is -2.27. The normalized spacial score (nSPS) is 18.5. The maximum atomic E-state index is 13.9. The summed E-state index contributed by atoms with van der Waals surface area (Å²) in [5.41, 5.74) is 1.10. The topological polar surface area (TPSA) is 79.0 Å². The zero-order chi connectivity index (χ0) is 24.1. The van der Waals surface area contributed by atoms with Crippen LogP contribution in [0.25, 0.3) is 0 Å². The molecule has 2 aromatic carbocycles. The quantitative estimate of drug-likeness (QED) is 0.639. The Kier molecular flexibility index (Phi) is 7.85. The zero-order valence-corrected chi connectivity index (χ0v) is 20.3. The van der Waals surface area contributed by atoms with Gasteiger partial charge in [0.2, 0.25) is 15.9 Å². The van der Waals surface area contributed by atoms with Gasteiger partial charge in [-0.2, -0.15) is 4.31 Å². The molecule has 184 valence electrons. The van der Waals surface area contributed by atoms with Crippen molar-refractivity contribution in [1.82, 2.24) is 9.21 Å². The second-order valence-electron chi connectivity index (χ2n) is 8.96. The number of rotatable bonds is 7. The van der Waals surface area contributed by atoms with Crippen LogP contribution in [0.4, 0.5) is 10.1 Å². The fraction of sp³-hybridized carbons (Fsp3) is 0.480. The summed E-state index contributed by atoms with van der Waals surface area (Å²) in [4.78, 5) is 15.2. The third-order valence-corrected chi connectivity index (χ3v) is 8.59. The molecule has 0 spiro atoms. The zero-order valence-electron chi connectivity index (χ0n) is 19.5. The van der Waals surface area contributed by atoms with Gasteiger partial charge in [-0.25, -0.2) is 12.8 Å². The van der Waals surface area contributed by atoms with Crippen LogP contribution in [0.2, 0.25) is 0 Å². The minimum absolute atomic E-state index is 0.0782. The number of carbonyl (C=O) groups is 1. The highest BCUT2D eigenvalue weighted by molar-refractivity contribution is 7.89. The molecule has 2 fully saturated rings. The van der Waals surface area contributed by atoms with E-state index >= 15 is 0 Å². The average molecular weight is 490 g/mol. The standard InChI is InChI=1S/C25H32FN3O4S/c1-33-23-10-9-21(17-24(23)34(31,32)29-13-5-2-6-14-29)27-25(30)19-11-15-28(16-12-19)18-20-7-3-4-8-22(20)26/h3-4,7-10,17,19H,2,5-6,11-16,18H2,1H3,(H,27,30). The summed E-state index contributed by atoms with van der Waals surface area (Å²) in [6.45, 7) is 2.91. The number of piperidine rings is 2. The second kappa shape index (κ2) is 10.8. The van der Waals surface area contributed by atoms with Crippen LogP contribution in [-0.4, -0.2) is 56.8 Å². The smallest absolute Gasteiger partial charge is 0.246 e. The lowest BCUT2D eigenvalue weighted by molar-refractivity contribution is -0.121. The first-order valence-electron chi connectivity index (χ1n) is 11.8. The van der Waals surface area contributed by atoms with E-state index in [9.17, 15) is 17.6 Å². The second-order valence-corrected chi connectivity index (χ2v) is 10.9. The Hall–Kier alpha value is -2.49. The predicted molar refractivity (Wildman–Crippen MR) is 129 cm³/mol. The Morgan fingerprint density at radius 3 is 2.44 bits per heavy atom. The van der Waals surface area contributed by atoms with Crippen molar-refractivity contribution in [2.45, 2.75) is 43.5 Å². The molecule has 2 aliphatic rings. The largest absolute Gasteiger partial charge is 0.495 e. The van der Waals surface area contributed by atoms with Crippen LogP contribution in [0.1, 0.15) is 37.7 Å². The Labute approximate surface area is 200 Å². The molecular formula is C25H32FN3O4S. The Morgan fingerprint density at radius 1 is 1.06 bits per heavy atom. The van der Waals surface area contributed by atoms with Crippen LogP contribution >= 0.6 is 0 Å². The first-order chi connectivity index (χ1) is 16.4. The van der Waals surface area contributed by atoms with Crippen molar-refractivity contribution >= 4 is 21.6 Å². The molecule has 0 aromatic heterocycles. The van der Waals surface area contributed by atoms with Gasteiger partial charge in [-0.15, -0.1) is 0 Å². The molecule has 34 heavy (non-hydrogen) atoms. The van der Waals surface area contributed by atoms with E-state index in [4.69, 9.17) is 4.74 Å². The number of anilines is 1. The number of likely N-dealkylation sites (tertiary alicyclic amines) is 1. The Morgan fingerprint density at radius 2 is 1.76 bits per heavy atom. The maximum absolute atomic E-state index is 13.9. The van der Waals surface area contributed by atoms with E-state index < -0.39 is 10.0 Å². The molecule has 0 atom stereocenters. The molecule has 1 N–H and O–H groups in total. The summed E-state index contributed by atoms with van der Waals surface area (Å²) >= 11 is 0. The number of sulfonamides is 1. The van der Waals surface area contributed by atoms with Crippen LogP contribution < -0.4 is 10.1 Å². The SMILES string of the molecule is COc1ccc(NC(=O)C2CCN(Cc3ccccc3F)CC2)cc1S(=O)(=O)N1CCCCC1. The number of hydrogen-bond donors (Lipinski definition) is 1. The molecular weight excluding hydrogens is 457 g/mol. The number of carbonyl (C=O) groups excluding carboxylic acids is 1. The number of benzene rings is 2. The van der Waals surface area contributed by atoms with Gasteiger partial charge in [-0.05, 0) is 63.0 Å². The van der Waals surface area contributed by atoms with Gasteiger partial charge in [-0.1, -0.05) is 24.6 Å². The van der Waals surface area contributed by atoms with Gasteiger partial charge in [0.1, 0.15) is 16.5 Å². The van der Waals surface area contributed by atoms with Gasteiger partial charge in [0, 0.05) is 36.8 Å². The van der Waals surface area contributed by atoms with E-state index in [0.29, 0.717) is 56.8 Å². The van der Waals surface area contributed by atoms with E-state index in [1.807, 2.05) is 6.07 Å². The van der Waals surface area contributed by atoms with Crippen molar-refractivity contribution in [3.63, 3.8) is 0 Å². The lowest BCUT2D eigenvalue weighted by Crippen LogP contribution is -2.38. The molecule has 2 heterocycles. The van der Waals surface area contributed by atoms with Crippen molar-refractivity contribution in [1.29, 1.82) is 0 Å². The fourth-order valence-corrected chi connectivity index (χ4v) is 6.36. The molecule has 0 saturated carbocycles. The van der Waals surface area contributed by atoms with Gasteiger partial charge < -0.3 is 10.1 Å². The van der Waals surface area contributed by atoms with E-state index in [0.717, 1.165) is 19.3 Å². The molecule has 0 radical (unpaired) electrons. The molecule has 2 aromatic rings. The molecule has 0 aliphatic carbocycles. The molecule has 1 amide bonds. The number of nitrogens with one attached hydrogen (secondary N) is 1. The monoisotopic (exact) mass is 489 g/mol. The number of methoxy groups -OCH3 is 1. The Balaban J connectivity index is 1.39. The highest BCUT2D eigenvalue weighted by Gasteiger charge is 2.30. The lowest BCUT2D eigenvalue weighted by Gasteiger charge is -2.31. The van der Waals surface area contributed by atoms with Crippen molar-refractivity contribution in [2.24, 2.45) is 5.92 Å². The Bertz CT molecular complexity index is 1110. The number of hydrogen-bond acceptors (Lipinski definition) is 5. The summed E-state index contributed by atoms with van der Waals surface area (Å²) in [6, 6.07) is 11.5. The van der Waals surface area contributed by atoms with Crippen molar-refractivity contribution in [3.8, 4) is 5.75 Å². The van der Waals surface area contributed by atoms with Crippen molar-refractivity contribution in [2.75, 3.05) is 38.6 Å². The molecule has 2 saturated heterocycles.